The second-order valence-corrected chi connectivity index (χ2v) is 6.76. The van der Waals surface area contributed by atoms with Gasteiger partial charge < -0.3 is 20.1 Å². The molecular formula is C21H21ClN2O4. The fourth-order valence-electron chi connectivity index (χ4n) is 3.07. The Hall–Kier alpha value is -2.99. The molecule has 1 aromatic heterocycles. The van der Waals surface area contributed by atoms with Crippen LogP contribution in [-0.2, 0) is 17.6 Å². The number of aromatic amines is 1. The van der Waals surface area contributed by atoms with Gasteiger partial charge in [-0.05, 0) is 49.2 Å². The lowest BCUT2D eigenvalue weighted by molar-refractivity contribution is -0.120. The molecule has 0 spiro atoms. The molecule has 28 heavy (non-hydrogen) atoms. The molecule has 0 aliphatic heterocycles. The van der Waals surface area contributed by atoms with E-state index in [4.69, 9.17) is 16.3 Å². The molecule has 0 unspecified atom stereocenters. The van der Waals surface area contributed by atoms with Crippen LogP contribution in [-0.4, -0.2) is 35.1 Å². The molecule has 0 aliphatic rings. The molecule has 1 heterocycles. The summed E-state index contributed by atoms with van der Waals surface area (Å²) in [4.78, 5) is 26.7. The summed E-state index contributed by atoms with van der Waals surface area (Å²) >= 11 is 6.03. The number of rotatable bonds is 8. The van der Waals surface area contributed by atoms with Gasteiger partial charge in [0.25, 0.3) is 0 Å². The summed E-state index contributed by atoms with van der Waals surface area (Å²) in [5.74, 6) is -0.534. The number of nitrogens with one attached hydrogen (secondary N) is 2. The van der Waals surface area contributed by atoms with Crippen LogP contribution in [0.5, 0.6) is 5.75 Å². The summed E-state index contributed by atoms with van der Waals surface area (Å²) in [5, 5.41) is 13.4. The number of carboxylic acid groups (broad SMARTS) is 1. The maximum absolute atomic E-state index is 12.4. The minimum absolute atomic E-state index is 0.0129. The first-order valence-electron chi connectivity index (χ1n) is 8.99. The van der Waals surface area contributed by atoms with Crippen molar-refractivity contribution < 1.29 is 19.4 Å². The second kappa shape index (κ2) is 8.80. The van der Waals surface area contributed by atoms with Crippen molar-refractivity contribution in [1.29, 1.82) is 0 Å². The van der Waals surface area contributed by atoms with Crippen LogP contribution >= 0.6 is 11.6 Å². The fraction of sp³-hybridized carbons (Fsp3) is 0.238. The summed E-state index contributed by atoms with van der Waals surface area (Å²) in [7, 11) is 0. The van der Waals surface area contributed by atoms with E-state index in [9.17, 15) is 14.7 Å². The lowest BCUT2D eigenvalue weighted by Crippen LogP contribution is -2.27. The number of ether oxygens (including phenoxy) is 1. The smallest absolute Gasteiger partial charge is 0.352 e. The zero-order valence-electron chi connectivity index (χ0n) is 15.4. The van der Waals surface area contributed by atoms with E-state index < -0.39 is 5.97 Å². The van der Waals surface area contributed by atoms with E-state index in [2.05, 4.69) is 10.3 Å². The SMILES string of the molecule is CCOc1ccc(CCNC(=O)Cc2c(C(=O)O)[nH]c3ccc(Cl)cc23)cc1. The fourth-order valence-corrected chi connectivity index (χ4v) is 3.25. The van der Waals surface area contributed by atoms with Gasteiger partial charge >= 0.3 is 5.97 Å². The Morgan fingerprint density at radius 3 is 2.61 bits per heavy atom. The van der Waals surface area contributed by atoms with Crippen LogP contribution in [0.1, 0.15) is 28.5 Å². The molecule has 146 valence electrons. The van der Waals surface area contributed by atoms with Crippen molar-refractivity contribution in [1.82, 2.24) is 10.3 Å². The topological polar surface area (TPSA) is 91.4 Å². The third-order valence-corrected chi connectivity index (χ3v) is 4.62. The molecule has 0 saturated heterocycles. The van der Waals surface area contributed by atoms with Gasteiger partial charge in [0.05, 0.1) is 13.0 Å². The normalized spacial score (nSPS) is 10.8. The Bertz CT molecular complexity index is 996. The molecule has 0 aliphatic carbocycles. The number of aromatic carboxylic acids is 1. The van der Waals surface area contributed by atoms with Gasteiger partial charge in [-0.3, -0.25) is 4.79 Å². The number of carbonyl (C=O) groups is 2. The lowest BCUT2D eigenvalue weighted by atomic mass is 10.1. The predicted octanol–water partition coefficient (Wildman–Crippen LogP) is 3.82. The molecule has 0 bridgehead atoms. The van der Waals surface area contributed by atoms with Crippen LogP contribution < -0.4 is 10.1 Å². The van der Waals surface area contributed by atoms with Crippen molar-refractivity contribution in [2.24, 2.45) is 0 Å². The molecule has 3 N–H and O–H groups in total. The summed E-state index contributed by atoms with van der Waals surface area (Å²) < 4.78 is 5.41. The van der Waals surface area contributed by atoms with Crippen molar-refractivity contribution >= 4 is 34.4 Å². The number of amides is 1. The summed E-state index contributed by atoms with van der Waals surface area (Å²) in [6.45, 7) is 3.01. The Labute approximate surface area is 167 Å². The van der Waals surface area contributed by atoms with Crippen molar-refractivity contribution in [3.05, 3.63) is 64.3 Å². The molecular weight excluding hydrogens is 380 g/mol. The largest absolute Gasteiger partial charge is 0.494 e. The van der Waals surface area contributed by atoms with Gasteiger partial charge in [-0.1, -0.05) is 23.7 Å². The maximum atomic E-state index is 12.4. The molecule has 3 rings (SSSR count). The molecule has 2 aromatic carbocycles. The van der Waals surface area contributed by atoms with Crippen LogP contribution in [0.25, 0.3) is 10.9 Å². The number of hydrogen-bond donors (Lipinski definition) is 3. The first kappa shape index (κ1) is 19.8. The summed E-state index contributed by atoms with van der Waals surface area (Å²) in [6, 6.07) is 12.8. The molecule has 0 fully saturated rings. The average molecular weight is 401 g/mol. The first-order valence-corrected chi connectivity index (χ1v) is 9.37. The minimum atomic E-state index is -1.11. The summed E-state index contributed by atoms with van der Waals surface area (Å²) in [5.41, 5.74) is 2.16. The Morgan fingerprint density at radius 2 is 1.93 bits per heavy atom. The van der Waals surface area contributed by atoms with Gasteiger partial charge in [0.2, 0.25) is 5.91 Å². The highest BCUT2D eigenvalue weighted by molar-refractivity contribution is 6.31. The number of aromatic nitrogens is 1. The van der Waals surface area contributed by atoms with E-state index in [-0.39, 0.29) is 18.0 Å². The van der Waals surface area contributed by atoms with Gasteiger partial charge in [-0.2, -0.15) is 0 Å². The number of H-pyrrole nitrogens is 1. The number of fused-ring (bicyclic) bond motifs is 1. The van der Waals surface area contributed by atoms with Crippen LogP contribution in [0, 0.1) is 0 Å². The number of hydrogen-bond acceptors (Lipinski definition) is 3. The van der Waals surface area contributed by atoms with Crippen LogP contribution in [0.3, 0.4) is 0 Å². The van der Waals surface area contributed by atoms with Crippen molar-refractivity contribution in [2.75, 3.05) is 13.2 Å². The third kappa shape index (κ3) is 4.64. The summed E-state index contributed by atoms with van der Waals surface area (Å²) in [6.07, 6.45) is 0.634. The number of halogens is 1. The van der Waals surface area contributed by atoms with E-state index in [1.165, 1.54) is 0 Å². The Balaban J connectivity index is 1.64. The van der Waals surface area contributed by atoms with Crippen molar-refractivity contribution in [3.63, 3.8) is 0 Å². The molecule has 6 nitrogen and oxygen atoms in total. The molecule has 0 saturated carbocycles. The molecule has 1 amide bonds. The van der Waals surface area contributed by atoms with E-state index in [0.717, 1.165) is 11.3 Å². The molecule has 0 atom stereocenters. The molecule has 0 radical (unpaired) electrons. The van der Waals surface area contributed by atoms with E-state index in [1.807, 2.05) is 31.2 Å². The number of benzene rings is 2. The average Bonchev–Trinajstić information content (AvgIpc) is 3.01. The highest BCUT2D eigenvalue weighted by Gasteiger charge is 2.19. The van der Waals surface area contributed by atoms with E-state index in [1.54, 1.807) is 18.2 Å². The van der Waals surface area contributed by atoms with Crippen molar-refractivity contribution in [2.45, 2.75) is 19.8 Å². The van der Waals surface area contributed by atoms with Gasteiger partial charge in [0.1, 0.15) is 11.4 Å². The minimum Gasteiger partial charge on any atom is -0.494 e. The standard InChI is InChI=1S/C21H21ClN2O4/c1-2-28-15-6-3-13(4-7-15)9-10-23-19(25)12-17-16-11-14(22)5-8-18(16)24-20(17)21(26)27/h3-8,11,24H,2,9-10,12H2,1H3,(H,23,25)(H,26,27). The first-order chi connectivity index (χ1) is 13.5. The van der Waals surface area contributed by atoms with E-state index >= 15 is 0 Å². The predicted molar refractivity (Wildman–Crippen MR) is 108 cm³/mol. The zero-order valence-corrected chi connectivity index (χ0v) is 16.2. The van der Waals surface area contributed by atoms with E-state index in [0.29, 0.717) is 41.1 Å². The molecule has 3 aromatic rings. The van der Waals surface area contributed by atoms with Gasteiger partial charge in [-0.15, -0.1) is 0 Å². The maximum Gasteiger partial charge on any atom is 0.352 e. The van der Waals surface area contributed by atoms with Crippen LogP contribution in [0.2, 0.25) is 5.02 Å². The third-order valence-electron chi connectivity index (χ3n) is 4.39. The quantitative estimate of drug-likeness (QED) is 0.536. The monoisotopic (exact) mass is 400 g/mol. The number of carbonyl (C=O) groups excluding carboxylic acids is 1. The van der Waals surface area contributed by atoms with Gasteiger partial charge in [0.15, 0.2) is 0 Å². The Kier molecular flexibility index (Phi) is 6.21. The second-order valence-electron chi connectivity index (χ2n) is 6.33. The van der Waals surface area contributed by atoms with Crippen LogP contribution in [0.4, 0.5) is 0 Å². The lowest BCUT2D eigenvalue weighted by Gasteiger charge is -2.07. The number of carboxylic acids is 1. The highest BCUT2D eigenvalue weighted by Crippen LogP contribution is 2.26. The van der Waals surface area contributed by atoms with Crippen LogP contribution in [0.15, 0.2) is 42.5 Å². The van der Waals surface area contributed by atoms with Gasteiger partial charge in [-0.25, -0.2) is 4.79 Å². The highest BCUT2D eigenvalue weighted by atomic mass is 35.5. The Morgan fingerprint density at radius 1 is 1.18 bits per heavy atom. The van der Waals surface area contributed by atoms with Gasteiger partial charge in [0, 0.05) is 28.0 Å². The van der Waals surface area contributed by atoms with Crippen molar-refractivity contribution in [3.8, 4) is 5.75 Å². The molecule has 7 heteroatoms. The zero-order chi connectivity index (χ0) is 20.1.